The number of carbonyl (C=O) groups is 2. The van der Waals surface area contributed by atoms with Crippen molar-refractivity contribution in [2.45, 2.75) is 53.9 Å². The number of para-hydroxylation sites is 1. The number of hydrogen-bond acceptors (Lipinski definition) is 4. The van der Waals surface area contributed by atoms with Crippen LogP contribution in [-0.2, 0) is 24.6 Å². The number of esters is 1. The largest absolute Gasteiger partial charge is 0.454 e. The highest BCUT2D eigenvalue weighted by atomic mass is 16.5. The quantitative estimate of drug-likeness (QED) is 0.410. The summed E-state index contributed by atoms with van der Waals surface area (Å²) in [5, 5.41) is 0.796. The van der Waals surface area contributed by atoms with Crippen LogP contribution < -0.4 is 0 Å². The van der Waals surface area contributed by atoms with E-state index in [1.165, 1.54) is 0 Å². The second-order valence-corrected chi connectivity index (χ2v) is 10.1. The first kappa shape index (κ1) is 22.3. The molecule has 0 spiro atoms. The first-order valence-corrected chi connectivity index (χ1v) is 11.3. The standard InChI is InChI=1S/C27H32N2O3/c1-16-13-20(17(2)29(16)6)24(30)15-32-26(31)25-19-9-7-8-10-22(19)28-23-12-11-18(14-21(23)25)27(3,4)5/h7-10,13,18H,11-12,14-15H2,1-6H3. The number of ketones is 1. The van der Waals surface area contributed by atoms with Crippen LogP contribution in [-0.4, -0.2) is 27.9 Å². The predicted molar refractivity (Wildman–Crippen MR) is 126 cm³/mol. The van der Waals surface area contributed by atoms with E-state index in [2.05, 4.69) is 20.8 Å². The zero-order chi connectivity index (χ0) is 23.2. The molecule has 4 rings (SSSR count). The first-order valence-electron chi connectivity index (χ1n) is 11.3. The molecule has 5 heteroatoms. The highest BCUT2D eigenvalue weighted by Gasteiger charge is 2.33. The molecule has 168 valence electrons. The molecule has 0 N–H and O–H groups in total. The third kappa shape index (κ3) is 3.96. The summed E-state index contributed by atoms with van der Waals surface area (Å²) >= 11 is 0. The van der Waals surface area contributed by atoms with Gasteiger partial charge in [-0.15, -0.1) is 0 Å². The van der Waals surface area contributed by atoms with Crippen LogP contribution >= 0.6 is 0 Å². The molecule has 5 nitrogen and oxygen atoms in total. The Hall–Kier alpha value is -2.95. The maximum atomic E-state index is 13.4. The minimum Gasteiger partial charge on any atom is -0.454 e. The fourth-order valence-electron chi connectivity index (χ4n) is 4.78. The normalized spacial score (nSPS) is 16.1. The van der Waals surface area contributed by atoms with Crippen LogP contribution in [0.5, 0.6) is 0 Å². The van der Waals surface area contributed by atoms with E-state index in [1.54, 1.807) is 0 Å². The summed E-state index contributed by atoms with van der Waals surface area (Å²) in [6.07, 6.45) is 2.71. The Morgan fingerprint density at radius 1 is 1.19 bits per heavy atom. The molecule has 1 aliphatic rings. The molecule has 1 aliphatic carbocycles. The van der Waals surface area contributed by atoms with E-state index in [4.69, 9.17) is 9.72 Å². The lowest BCUT2D eigenvalue weighted by atomic mass is 9.70. The van der Waals surface area contributed by atoms with E-state index in [9.17, 15) is 9.59 Å². The highest BCUT2D eigenvalue weighted by molar-refractivity contribution is 6.06. The van der Waals surface area contributed by atoms with E-state index in [1.807, 2.05) is 55.8 Å². The van der Waals surface area contributed by atoms with Gasteiger partial charge in [0.2, 0.25) is 5.78 Å². The van der Waals surface area contributed by atoms with Gasteiger partial charge in [-0.25, -0.2) is 4.79 Å². The molecule has 3 aromatic rings. The van der Waals surface area contributed by atoms with Gasteiger partial charge in [0, 0.05) is 35.1 Å². The number of aryl methyl sites for hydroxylation is 2. The highest BCUT2D eigenvalue weighted by Crippen LogP contribution is 2.39. The van der Waals surface area contributed by atoms with Crippen molar-refractivity contribution < 1.29 is 14.3 Å². The molecule has 1 aromatic carbocycles. The van der Waals surface area contributed by atoms with Gasteiger partial charge >= 0.3 is 5.97 Å². The third-order valence-corrected chi connectivity index (χ3v) is 7.10. The Balaban J connectivity index is 1.67. The van der Waals surface area contributed by atoms with Crippen LogP contribution in [0, 0.1) is 25.2 Å². The number of nitrogens with zero attached hydrogens (tertiary/aromatic N) is 2. The zero-order valence-electron chi connectivity index (χ0n) is 19.9. The zero-order valence-corrected chi connectivity index (χ0v) is 19.9. The smallest absolute Gasteiger partial charge is 0.339 e. The molecule has 0 bridgehead atoms. The lowest BCUT2D eigenvalue weighted by Gasteiger charge is -2.35. The average Bonchev–Trinajstić information content (AvgIpc) is 3.01. The fourth-order valence-corrected chi connectivity index (χ4v) is 4.78. The van der Waals surface area contributed by atoms with E-state index in [0.717, 1.165) is 52.8 Å². The van der Waals surface area contributed by atoms with Gasteiger partial charge in [0.25, 0.3) is 0 Å². The van der Waals surface area contributed by atoms with Gasteiger partial charge in [0.1, 0.15) is 0 Å². The summed E-state index contributed by atoms with van der Waals surface area (Å²) in [5.74, 6) is -0.159. The van der Waals surface area contributed by atoms with E-state index in [0.29, 0.717) is 17.0 Å². The maximum absolute atomic E-state index is 13.4. The maximum Gasteiger partial charge on any atom is 0.339 e. The van der Waals surface area contributed by atoms with Crippen molar-refractivity contribution in [2.75, 3.05) is 6.61 Å². The van der Waals surface area contributed by atoms with Crippen LogP contribution in [0.1, 0.15) is 70.6 Å². The van der Waals surface area contributed by atoms with Gasteiger partial charge in [-0.3, -0.25) is 9.78 Å². The molecule has 0 aliphatic heterocycles. The molecule has 2 aromatic heterocycles. The Morgan fingerprint density at radius 2 is 1.91 bits per heavy atom. The lowest BCUT2D eigenvalue weighted by molar-refractivity contribution is 0.0474. The molecule has 32 heavy (non-hydrogen) atoms. The minimum atomic E-state index is -0.437. The number of hydrogen-bond donors (Lipinski definition) is 0. The molecule has 2 heterocycles. The lowest BCUT2D eigenvalue weighted by Crippen LogP contribution is -2.29. The van der Waals surface area contributed by atoms with E-state index >= 15 is 0 Å². The summed E-state index contributed by atoms with van der Waals surface area (Å²) in [7, 11) is 1.93. The molecule has 0 fully saturated rings. The second kappa shape index (κ2) is 8.19. The van der Waals surface area contributed by atoms with Crippen LogP contribution in [0.2, 0.25) is 0 Å². The van der Waals surface area contributed by atoms with Gasteiger partial charge in [-0.05, 0) is 62.1 Å². The number of fused-ring (bicyclic) bond motifs is 2. The van der Waals surface area contributed by atoms with Gasteiger partial charge in [-0.1, -0.05) is 39.0 Å². The molecule has 0 amide bonds. The van der Waals surface area contributed by atoms with Crippen molar-refractivity contribution in [1.29, 1.82) is 0 Å². The van der Waals surface area contributed by atoms with Crippen LogP contribution in [0.3, 0.4) is 0 Å². The SMILES string of the molecule is Cc1cc(C(=O)COC(=O)c2c3c(nc4ccccc24)CCC(C(C)(C)C)C3)c(C)n1C. The predicted octanol–water partition coefficient (Wildman–Crippen LogP) is 5.38. The molecule has 1 unspecified atom stereocenters. The van der Waals surface area contributed by atoms with Gasteiger partial charge < -0.3 is 9.30 Å². The minimum absolute atomic E-state index is 0.142. The number of rotatable bonds is 4. The molecular weight excluding hydrogens is 400 g/mol. The van der Waals surface area contributed by atoms with Crippen LogP contribution in [0.25, 0.3) is 10.9 Å². The number of ether oxygens (including phenoxy) is 1. The Labute approximate surface area is 189 Å². The summed E-state index contributed by atoms with van der Waals surface area (Å²) in [6, 6.07) is 9.55. The molecule has 0 saturated carbocycles. The van der Waals surface area contributed by atoms with Crippen molar-refractivity contribution in [2.24, 2.45) is 18.4 Å². The van der Waals surface area contributed by atoms with Gasteiger partial charge in [0.05, 0.1) is 11.1 Å². The number of aromatic nitrogens is 2. The van der Waals surface area contributed by atoms with Crippen molar-refractivity contribution in [1.82, 2.24) is 9.55 Å². The van der Waals surface area contributed by atoms with E-state index < -0.39 is 5.97 Å². The fraction of sp³-hybridized carbons (Fsp3) is 0.444. The van der Waals surface area contributed by atoms with Gasteiger partial charge in [0.15, 0.2) is 6.61 Å². The number of carbonyl (C=O) groups excluding carboxylic acids is 2. The molecule has 0 radical (unpaired) electrons. The number of Topliss-reactive ketones (excluding diaryl/α,β-unsaturated/α-hetero) is 1. The molecular formula is C27H32N2O3. The van der Waals surface area contributed by atoms with Crippen LogP contribution in [0.4, 0.5) is 0 Å². The summed E-state index contributed by atoms with van der Waals surface area (Å²) in [4.78, 5) is 31.0. The van der Waals surface area contributed by atoms with Crippen molar-refractivity contribution in [3.63, 3.8) is 0 Å². The first-order chi connectivity index (χ1) is 15.1. The second-order valence-electron chi connectivity index (χ2n) is 10.1. The average molecular weight is 433 g/mol. The Morgan fingerprint density at radius 3 is 2.56 bits per heavy atom. The number of pyridine rings is 1. The van der Waals surface area contributed by atoms with Crippen molar-refractivity contribution in [3.8, 4) is 0 Å². The van der Waals surface area contributed by atoms with Crippen LogP contribution in [0.15, 0.2) is 30.3 Å². The summed E-state index contributed by atoms with van der Waals surface area (Å²) < 4.78 is 7.58. The van der Waals surface area contributed by atoms with E-state index in [-0.39, 0.29) is 17.8 Å². The monoisotopic (exact) mass is 432 g/mol. The number of benzene rings is 1. The topological polar surface area (TPSA) is 61.2 Å². The van der Waals surface area contributed by atoms with Gasteiger partial charge in [-0.2, -0.15) is 0 Å². The summed E-state index contributed by atoms with van der Waals surface area (Å²) in [5.41, 5.74) is 5.97. The third-order valence-electron chi connectivity index (χ3n) is 7.10. The Bertz CT molecular complexity index is 1210. The Kier molecular flexibility index (Phi) is 5.70. The van der Waals surface area contributed by atoms with Crippen molar-refractivity contribution in [3.05, 3.63) is 64.1 Å². The summed E-state index contributed by atoms with van der Waals surface area (Å²) in [6.45, 7) is 10.3. The molecule has 0 saturated heterocycles. The van der Waals surface area contributed by atoms with Crippen molar-refractivity contribution >= 4 is 22.7 Å². The molecule has 1 atom stereocenters.